The van der Waals surface area contributed by atoms with E-state index in [2.05, 4.69) is 29.0 Å². The van der Waals surface area contributed by atoms with Crippen LogP contribution in [0.25, 0.3) is 0 Å². The van der Waals surface area contributed by atoms with Crippen LogP contribution in [0.1, 0.15) is 65.7 Å². The second kappa shape index (κ2) is 9.68. The number of thiazole rings is 1. The molecule has 1 atom stereocenters. The summed E-state index contributed by atoms with van der Waals surface area (Å²) in [5.74, 6) is 1.73. The van der Waals surface area contributed by atoms with Gasteiger partial charge in [0.1, 0.15) is 4.88 Å². The van der Waals surface area contributed by atoms with Gasteiger partial charge in [-0.2, -0.15) is 4.98 Å². The Hall–Kier alpha value is -2.29. The molecule has 0 spiro atoms. The van der Waals surface area contributed by atoms with Crippen molar-refractivity contribution in [1.82, 2.24) is 24.9 Å². The smallest absolute Gasteiger partial charge is 0.265 e. The van der Waals surface area contributed by atoms with Crippen molar-refractivity contribution in [3.63, 3.8) is 0 Å². The number of piperidine rings is 1. The molecule has 3 heterocycles. The first-order valence-corrected chi connectivity index (χ1v) is 11.4. The molecule has 2 aromatic rings. The van der Waals surface area contributed by atoms with Crippen molar-refractivity contribution in [3.05, 3.63) is 27.3 Å². The highest BCUT2D eigenvalue weighted by atomic mass is 32.1. The Bertz CT molecular complexity index is 891. The SMILES string of the molecule is CC(=O)N(CCc1noc(CC(C)C)n1)C1CCCN(C(=O)c2sc(C)nc2C)C1. The number of carbonyl (C=O) groups is 2. The molecule has 0 N–H and O–H groups in total. The topological polar surface area (TPSA) is 92.4 Å². The van der Waals surface area contributed by atoms with E-state index in [-0.39, 0.29) is 17.9 Å². The van der Waals surface area contributed by atoms with Crippen molar-refractivity contribution in [1.29, 1.82) is 0 Å². The first kappa shape index (κ1) is 22.4. The summed E-state index contributed by atoms with van der Waals surface area (Å²) in [5, 5.41) is 4.94. The van der Waals surface area contributed by atoms with Gasteiger partial charge in [-0.05, 0) is 32.6 Å². The summed E-state index contributed by atoms with van der Waals surface area (Å²) in [6.45, 7) is 11.3. The Balaban J connectivity index is 1.64. The summed E-state index contributed by atoms with van der Waals surface area (Å²) in [4.78, 5) is 38.6. The lowest BCUT2D eigenvalue weighted by Crippen LogP contribution is -2.51. The predicted octanol–water partition coefficient (Wildman–Crippen LogP) is 3.04. The first-order valence-electron chi connectivity index (χ1n) is 10.6. The van der Waals surface area contributed by atoms with Gasteiger partial charge in [-0.15, -0.1) is 11.3 Å². The zero-order chi connectivity index (χ0) is 21.8. The predicted molar refractivity (Wildman–Crippen MR) is 114 cm³/mol. The molecule has 1 aliphatic rings. The molecule has 0 bridgehead atoms. The second-order valence-corrected chi connectivity index (χ2v) is 9.56. The van der Waals surface area contributed by atoms with Crippen molar-refractivity contribution in [2.75, 3.05) is 19.6 Å². The third kappa shape index (κ3) is 5.44. The number of hydrogen-bond acceptors (Lipinski definition) is 7. The average molecular weight is 434 g/mol. The van der Waals surface area contributed by atoms with Crippen molar-refractivity contribution in [2.24, 2.45) is 5.92 Å². The molecule has 2 amide bonds. The summed E-state index contributed by atoms with van der Waals surface area (Å²) in [6, 6.07) is -0.00319. The van der Waals surface area contributed by atoms with E-state index in [1.54, 1.807) is 6.92 Å². The quantitative estimate of drug-likeness (QED) is 0.666. The molecule has 1 saturated heterocycles. The molecule has 0 saturated carbocycles. The molecule has 1 fully saturated rings. The average Bonchev–Trinajstić information content (AvgIpc) is 3.26. The standard InChI is InChI=1S/C21H31N5O3S/c1-13(2)11-19-23-18(24-29-19)8-10-26(16(5)27)17-7-6-9-25(12-17)21(28)20-14(3)22-15(4)30-20/h13,17H,6-12H2,1-5H3. The van der Waals surface area contributed by atoms with Gasteiger partial charge in [0, 0.05) is 45.4 Å². The van der Waals surface area contributed by atoms with E-state index in [9.17, 15) is 9.59 Å². The molecule has 2 aromatic heterocycles. The summed E-state index contributed by atoms with van der Waals surface area (Å²) in [6.07, 6.45) is 3.05. The highest BCUT2D eigenvalue weighted by Crippen LogP contribution is 2.23. The lowest BCUT2D eigenvalue weighted by Gasteiger charge is -2.39. The molecular formula is C21H31N5O3S. The number of aromatic nitrogens is 3. The van der Waals surface area contributed by atoms with E-state index in [1.165, 1.54) is 11.3 Å². The van der Waals surface area contributed by atoms with Crippen LogP contribution in [0.15, 0.2) is 4.52 Å². The Morgan fingerprint density at radius 3 is 2.70 bits per heavy atom. The summed E-state index contributed by atoms with van der Waals surface area (Å²) < 4.78 is 5.30. The fourth-order valence-electron chi connectivity index (χ4n) is 3.91. The largest absolute Gasteiger partial charge is 0.339 e. The van der Waals surface area contributed by atoms with E-state index in [0.717, 1.165) is 30.0 Å². The third-order valence-electron chi connectivity index (χ3n) is 5.30. The van der Waals surface area contributed by atoms with Crippen molar-refractivity contribution >= 4 is 23.2 Å². The number of likely N-dealkylation sites (tertiary alicyclic amines) is 1. The van der Waals surface area contributed by atoms with E-state index in [1.807, 2.05) is 23.6 Å². The Labute approximate surface area is 181 Å². The van der Waals surface area contributed by atoms with E-state index >= 15 is 0 Å². The summed E-state index contributed by atoms with van der Waals surface area (Å²) in [5.41, 5.74) is 0.780. The monoisotopic (exact) mass is 433 g/mol. The van der Waals surface area contributed by atoms with Gasteiger partial charge < -0.3 is 14.3 Å². The minimum atomic E-state index is -0.00319. The van der Waals surface area contributed by atoms with Crippen LogP contribution in [-0.4, -0.2) is 62.4 Å². The maximum Gasteiger partial charge on any atom is 0.265 e. The minimum Gasteiger partial charge on any atom is -0.339 e. The first-order chi connectivity index (χ1) is 14.2. The molecule has 0 aliphatic carbocycles. The fourth-order valence-corrected chi connectivity index (χ4v) is 4.80. The third-order valence-corrected chi connectivity index (χ3v) is 6.36. The second-order valence-electron chi connectivity index (χ2n) is 8.36. The zero-order valence-corrected chi connectivity index (χ0v) is 19.3. The molecular weight excluding hydrogens is 402 g/mol. The van der Waals surface area contributed by atoms with Crippen molar-refractivity contribution in [2.45, 2.75) is 66.3 Å². The van der Waals surface area contributed by atoms with Gasteiger partial charge in [0.25, 0.3) is 5.91 Å². The number of nitrogens with zero attached hydrogens (tertiary/aromatic N) is 5. The highest BCUT2D eigenvalue weighted by molar-refractivity contribution is 7.13. The Morgan fingerprint density at radius 1 is 1.30 bits per heavy atom. The highest BCUT2D eigenvalue weighted by Gasteiger charge is 2.31. The van der Waals surface area contributed by atoms with Crippen LogP contribution in [0.5, 0.6) is 0 Å². The van der Waals surface area contributed by atoms with Crippen molar-refractivity contribution < 1.29 is 14.1 Å². The number of carbonyl (C=O) groups excluding carboxylic acids is 2. The molecule has 1 aliphatic heterocycles. The molecule has 3 rings (SSSR count). The molecule has 0 radical (unpaired) electrons. The summed E-state index contributed by atoms with van der Waals surface area (Å²) >= 11 is 1.44. The lowest BCUT2D eigenvalue weighted by molar-refractivity contribution is -0.132. The number of rotatable bonds is 7. The molecule has 164 valence electrons. The maximum atomic E-state index is 13.0. The Morgan fingerprint density at radius 2 is 2.07 bits per heavy atom. The number of hydrogen-bond donors (Lipinski definition) is 0. The fraction of sp³-hybridized carbons (Fsp3) is 0.667. The van der Waals surface area contributed by atoms with Crippen molar-refractivity contribution in [3.8, 4) is 0 Å². The minimum absolute atomic E-state index is 0.00319. The molecule has 1 unspecified atom stereocenters. The van der Waals surface area contributed by atoms with Crippen LogP contribution in [0.2, 0.25) is 0 Å². The van der Waals surface area contributed by atoms with Crippen LogP contribution in [-0.2, 0) is 17.6 Å². The molecule has 30 heavy (non-hydrogen) atoms. The van der Waals surface area contributed by atoms with Crippen LogP contribution in [0.3, 0.4) is 0 Å². The number of aryl methyl sites for hydroxylation is 2. The zero-order valence-electron chi connectivity index (χ0n) is 18.5. The van der Waals surface area contributed by atoms with Crippen LogP contribution >= 0.6 is 11.3 Å². The summed E-state index contributed by atoms with van der Waals surface area (Å²) in [7, 11) is 0. The van der Waals surface area contributed by atoms with Crippen LogP contribution < -0.4 is 0 Å². The Kier molecular flexibility index (Phi) is 7.23. The molecule has 8 nitrogen and oxygen atoms in total. The van der Waals surface area contributed by atoms with Gasteiger partial charge in [-0.3, -0.25) is 9.59 Å². The van der Waals surface area contributed by atoms with Gasteiger partial charge in [-0.1, -0.05) is 19.0 Å². The van der Waals surface area contributed by atoms with E-state index < -0.39 is 0 Å². The number of amides is 2. The van der Waals surface area contributed by atoms with E-state index in [0.29, 0.717) is 48.6 Å². The maximum absolute atomic E-state index is 13.0. The molecule has 9 heteroatoms. The van der Waals surface area contributed by atoms with Crippen LogP contribution in [0, 0.1) is 19.8 Å². The van der Waals surface area contributed by atoms with Gasteiger partial charge in [0.15, 0.2) is 5.82 Å². The van der Waals surface area contributed by atoms with Gasteiger partial charge in [0.05, 0.1) is 10.7 Å². The van der Waals surface area contributed by atoms with E-state index in [4.69, 9.17) is 4.52 Å². The molecule has 0 aromatic carbocycles. The van der Waals surface area contributed by atoms with Crippen LogP contribution in [0.4, 0.5) is 0 Å². The van der Waals surface area contributed by atoms with Gasteiger partial charge in [-0.25, -0.2) is 4.98 Å². The van der Waals surface area contributed by atoms with Gasteiger partial charge >= 0.3 is 0 Å². The normalized spacial score (nSPS) is 16.9. The van der Waals surface area contributed by atoms with Gasteiger partial charge in [0.2, 0.25) is 11.8 Å². The lowest BCUT2D eigenvalue weighted by atomic mass is 10.0.